The number of fused-ring (bicyclic) bond motifs is 1. The largest absolute Gasteiger partial charge is 0.321 e. The summed E-state index contributed by atoms with van der Waals surface area (Å²) in [5.74, 6) is -0.0499. The molecule has 0 fully saturated rings. The van der Waals surface area contributed by atoms with Crippen LogP contribution in [0.25, 0.3) is 0 Å². The van der Waals surface area contributed by atoms with Gasteiger partial charge in [-0.15, -0.1) is 11.3 Å². The van der Waals surface area contributed by atoms with E-state index >= 15 is 0 Å². The summed E-state index contributed by atoms with van der Waals surface area (Å²) in [6.45, 7) is 6.76. The Bertz CT molecular complexity index is 1210. The van der Waals surface area contributed by atoms with E-state index in [0.717, 1.165) is 29.7 Å². The van der Waals surface area contributed by atoms with Crippen molar-refractivity contribution in [1.82, 2.24) is 0 Å². The van der Waals surface area contributed by atoms with E-state index in [9.17, 15) is 9.59 Å². The van der Waals surface area contributed by atoms with Crippen LogP contribution < -0.4 is 10.6 Å². The summed E-state index contributed by atoms with van der Waals surface area (Å²) < 4.78 is 0. The van der Waals surface area contributed by atoms with Crippen LogP contribution in [0, 0.1) is 11.3 Å². The van der Waals surface area contributed by atoms with Crippen LogP contribution in [0.1, 0.15) is 58.3 Å². The maximum absolute atomic E-state index is 13.4. The molecule has 1 aliphatic rings. The molecule has 33 heavy (non-hydrogen) atoms. The van der Waals surface area contributed by atoms with Gasteiger partial charge in [0.25, 0.3) is 11.8 Å². The van der Waals surface area contributed by atoms with Crippen molar-refractivity contribution < 1.29 is 9.59 Å². The number of halogens is 2. The molecule has 2 N–H and O–H groups in total. The Kier molecular flexibility index (Phi) is 6.85. The Hall–Kier alpha value is -2.34. The summed E-state index contributed by atoms with van der Waals surface area (Å²) in [6, 6.07) is 13.9. The average Bonchev–Trinajstić information content (AvgIpc) is 3.11. The summed E-state index contributed by atoms with van der Waals surface area (Å²) in [7, 11) is 0. The topological polar surface area (TPSA) is 58.2 Å². The molecule has 1 unspecified atom stereocenters. The fraction of sp³-hybridized carbons (Fsp3) is 0.308. The zero-order valence-electron chi connectivity index (χ0n) is 18.8. The number of thiophene rings is 1. The molecule has 1 aliphatic carbocycles. The van der Waals surface area contributed by atoms with Crippen LogP contribution in [0.15, 0.2) is 48.5 Å². The minimum absolute atomic E-state index is 0.172. The highest BCUT2D eigenvalue weighted by atomic mass is 35.5. The first-order valence-electron chi connectivity index (χ1n) is 10.9. The highest BCUT2D eigenvalue weighted by molar-refractivity contribution is 7.17. The van der Waals surface area contributed by atoms with E-state index in [2.05, 4.69) is 31.4 Å². The van der Waals surface area contributed by atoms with Crippen molar-refractivity contribution in [2.75, 3.05) is 10.6 Å². The molecule has 4 rings (SSSR count). The maximum Gasteiger partial charge on any atom is 0.258 e. The van der Waals surface area contributed by atoms with Gasteiger partial charge < -0.3 is 10.6 Å². The van der Waals surface area contributed by atoms with Gasteiger partial charge in [-0.1, -0.05) is 62.2 Å². The molecule has 0 aliphatic heterocycles. The van der Waals surface area contributed by atoms with Gasteiger partial charge >= 0.3 is 0 Å². The Morgan fingerprint density at radius 2 is 1.76 bits per heavy atom. The van der Waals surface area contributed by atoms with E-state index in [1.54, 1.807) is 36.4 Å². The first-order valence-corrected chi connectivity index (χ1v) is 12.5. The highest BCUT2D eigenvalue weighted by Crippen LogP contribution is 2.44. The molecule has 0 saturated carbocycles. The summed E-state index contributed by atoms with van der Waals surface area (Å²) in [5, 5.41) is 7.41. The van der Waals surface area contributed by atoms with Crippen molar-refractivity contribution in [3.63, 3.8) is 0 Å². The first kappa shape index (κ1) is 23.8. The lowest BCUT2D eigenvalue weighted by molar-refractivity contribution is 0.102. The number of benzene rings is 2. The molecule has 1 atom stereocenters. The minimum atomic E-state index is -0.296. The van der Waals surface area contributed by atoms with Gasteiger partial charge in [0.05, 0.1) is 16.3 Å². The molecule has 0 saturated heterocycles. The number of amides is 2. The van der Waals surface area contributed by atoms with Gasteiger partial charge in [-0.2, -0.15) is 0 Å². The van der Waals surface area contributed by atoms with Crippen LogP contribution in [-0.4, -0.2) is 11.8 Å². The van der Waals surface area contributed by atoms with Gasteiger partial charge in [-0.3, -0.25) is 9.59 Å². The average molecular weight is 501 g/mol. The van der Waals surface area contributed by atoms with Crippen LogP contribution >= 0.6 is 34.5 Å². The Morgan fingerprint density at radius 3 is 2.45 bits per heavy atom. The quantitative estimate of drug-likeness (QED) is 0.385. The molecule has 7 heteroatoms. The zero-order valence-corrected chi connectivity index (χ0v) is 21.1. The van der Waals surface area contributed by atoms with Crippen LogP contribution in [0.3, 0.4) is 0 Å². The molecule has 4 nitrogen and oxygen atoms in total. The third-order valence-corrected chi connectivity index (χ3v) is 7.89. The molecule has 2 amide bonds. The summed E-state index contributed by atoms with van der Waals surface area (Å²) in [5.41, 5.74) is 2.70. The van der Waals surface area contributed by atoms with E-state index in [4.69, 9.17) is 23.2 Å². The predicted molar refractivity (Wildman–Crippen MR) is 138 cm³/mol. The predicted octanol–water partition coefficient (Wildman–Crippen LogP) is 7.71. The van der Waals surface area contributed by atoms with Crippen molar-refractivity contribution in [2.24, 2.45) is 11.3 Å². The van der Waals surface area contributed by atoms with Crippen LogP contribution in [0.2, 0.25) is 10.0 Å². The second-order valence-electron chi connectivity index (χ2n) is 9.41. The lowest BCUT2D eigenvalue weighted by Crippen LogP contribution is -2.27. The van der Waals surface area contributed by atoms with Crippen molar-refractivity contribution in [3.8, 4) is 0 Å². The van der Waals surface area contributed by atoms with Gasteiger partial charge in [0.1, 0.15) is 5.00 Å². The number of carbonyl (C=O) groups excluding carboxylic acids is 2. The number of rotatable bonds is 4. The minimum Gasteiger partial charge on any atom is -0.321 e. The lowest BCUT2D eigenvalue weighted by atomic mass is 9.72. The molecule has 0 bridgehead atoms. The maximum atomic E-state index is 13.4. The van der Waals surface area contributed by atoms with Crippen molar-refractivity contribution in [3.05, 3.63) is 80.1 Å². The van der Waals surface area contributed by atoms with E-state index in [-0.39, 0.29) is 17.2 Å². The van der Waals surface area contributed by atoms with E-state index in [1.807, 2.05) is 12.1 Å². The normalized spacial score (nSPS) is 15.6. The molecular formula is C26H26Cl2N2O2S. The second kappa shape index (κ2) is 9.49. The first-order chi connectivity index (χ1) is 15.6. The van der Waals surface area contributed by atoms with E-state index in [1.165, 1.54) is 11.3 Å². The van der Waals surface area contributed by atoms with Crippen LogP contribution in [0.4, 0.5) is 10.7 Å². The number of hydrogen-bond acceptors (Lipinski definition) is 3. The number of carbonyl (C=O) groups is 2. The Labute approximate surface area is 208 Å². The zero-order chi connectivity index (χ0) is 23.8. The van der Waals surface area contributed by atoms with Gasteiger partial charge in [0.15, 0.2) is 0 Å². The van der Waals surface area contributed by atoms with Crippen molar-refractivity contribution in [2.45, 2.75) is 40.0 Å². The van der Waals surface area contributed by atoms with E-state index in [0.29, 0.717) is 37.8 Å². The molecule has 1 heterocycles. The summed E-state index contributed by atoms with van der Waals surface area (Å²) >= 11 is 13.8. The molecule has 0 spiro atoms. The Balaban J connectivity index is 1.70. The molecule has 3 aromatic rings. The lowest BCUT2D eigenvalue weighted by Gasteiger charge is -2.33. The van der Waals surface area contributed by atoms with Crippen molar-refractivity contribution >= 4 is 57.0 Å². The smallest absolute Gasteiger partial charge is 0.258 e. The fourth-order valence-corrected chi connectivity index (χ4v) is 5.90. The molecule has 172 valence electrons. The monoisotopic (exact) mass is 500 g/mol. The van der Waals surface area contributed by atoms with Crippen LogP contribution in [0.5, 0.6) is 0 Å². The third-order valence-electron chi connectivity index (χ3n) is 6.15. The summed E-state index contributed by atoms with van der Waals surface area (Å²) in [4.78, 5) is 27.6. The Morgan fingerprint density at radius 1 is 1.00 bits per heavy atom. The van der Waals surface area contributed by atoms with Gasteiger partial charge in [0, 0.05) is 15.5 Å². The molecular weight excluding hydrogens is 475 g/mol. The van der Waals surface area contributed by atoms with Crippen molar-refractivity contribution in [1.29, 1.82) is 0 Å². The van der Waals surface area contributed by atoms with Crippen LogP contribution in [-0.2, 0) is 12.8 Å². The number of para-hydroxylation sites is 1. The van der Waals surface area contributed by atoms with Gasteiger partial charge in [-0.25, -0.2) is 0 Å². The SMILES string of the molecule is CC(C)(C)C1CCc2c(sc(NC(=O)c3cccc(Cl)c3)c2C(=O)Nc2ccccc2Cl)C1. The number of nitrogens with one attached hydrogen (secondary N) is 2. The van der Waals surface area contributed by atoms with E-state index < -0.39 is 0 Å². The third kappa shape index (κ3) is 5.26. The highest BCUT2D eigenvalue weighted by Gasteiger charge is 2.34. The molecule has 0 radical (unpaired) electrons. The molecule has 2 aromatic carbocycles. The number of hydrogen-bond donors (Lipinski definition) is 2. The summed E-state index contributed by atoms with van der Waals surface area (Å²) in [6.07, 6.45) is 2.69. The van der Waals surface area contributed by atoms with Gasteiger partial charge in [0.2, 0.25) is 0 Å². The standard InChI is InChI=1S/C26H26Cl2N2O2S/c1-26(2,3)16-11-12-18-21(14-16)33-25(30-23(31)15-7-6-8-17(27)13-15)22(18)24(32)29-20-10-5-4-9-19(20)28/h4-10,13,16H,11-12,14H2,1-3H3,(H,29,32)(H,30,31). The van der Waals surface area contributed by atoms with Gasteiger partial charge in [-0.05, 0) is 66.5 Å². The molecule has 1 aromatic heterocycles. The fourth-order valence-electron chi connectivity index (χ4n) is 4.21. The second-order valence-corrected chi connectivity index (χ2v) is 11.4. The number of anilines is 2.